The zero-order valence-electron chi connectivity index (χ0n) is 13.2. The molecular formula is C21H22. The second kappa shape index (κ2) is 4.59. The van der Waals surface area contributed by atoms with Crippen LogP contribution in [0.15, 0.2) is 35.9 Å². The number of aryl methyl sites for hydroxylation is 3. The lowest BCUT2D eigenvalue weighted by molar-refractivity contribution is 0.786. The van der Waals surface area contributed by atoms with E-state index in [1.54, 1.807) is 11.1 Å². The average molecular weight is 274 g/mol. The zero-order chi connectivity index (χ0) is 14.6. The lowest BCUT2D eigenvalue weighted by Gasteiger charge is -2.15. The highest BCUT2D eigenvalue weighted by molar-refractivity contribution is 5.66. The van der Waals surface area contributed by atoms with E-state index in [2.05, 4.69) is 57.2 Å². The van der Waals surface area contributed by atoms with E-state index in [1.165, 1.54) is 46.2 Å². The Morgan fingerprint density at radius 1 is 0.857 bits per heavy atom. The van der Waals surface area contributed by atoms with Crippen molar-refractivity contribution < 1.29 is 0 Å². The Bertz CT molecular complexity index is 742. The van der Waals surface area contributed by atoms with Gasteiger partial charge in [-0.05, 0) is 67.9 Å². The maximum Gasteiger partial charge on any atom is 0.00956 e. The Hall–Kier alpha value is -1.82. The van der Waals surface area contributed by atoms with Gasteiger partial charge in [0, 0.05) is 5.92 Å². The van der Waals surface area contributed by atoms with Crippen molar-refractivity contribution in [2.45, 2.75) is 46.0 Å². The fourth-order valence-electron chi connectivity index (χ4n) is 4.19. The predicted molar refractivity (Wildman–Crippen MR) is 89.9 cm³/mol. The molecule has 0 fully saturated rings. The first-order valence-corrected chi connectivity index (χ1v) is 8.01. The summed E-state index contributed by atoms with van der Waals surface area (Å²) in [5.41, 5.74) is 11.9. The van der Waals surface area contributed by atoms with Crippen molar-refractivity contribution in [3.05, 3.63) is 74.8 Å². The Morgan fingerprint density at radius 3 is 2.38 bits per heavy atom. The van der Waals surface area contributed by atoms with Crippen molar-refractivity contribution in [2.75, 3.05) is 0 Å². The molecule has 21 heavy (non-hydrogen) atoms. The SMILES string of the molecule is CC1=Cc2cc3c(cc2C1)CCC3c1cc(C)cc(C)c1. The van der Waals surface area contributed by atoms with Crippen LogP contribution in [0.2, 0.25) is 0 Å². The highest BCUT2D eigenvalue weighted by Crippen LogP contribution is 2.41. The van der Waals surface area contributed by atoms with E-state index in [0.717, 1.165) is 6.42 Å². The maximum absolute atomic E-state index is 2.47. The minimum absolute atomic E-state index is 0.596. The van der Waals surface area contributed by atoms with Crippen molar-refractivity contribution in [3.63, 3.8) is 0 Å². The van der Waals surface area contributed by atoms with Gasteiger partial charge in [0.2, 0.25) is 0 Å². The first-order valence-electron chi connectivity index (χ1n) is 8.01. The highest BCUT2D eigenvalue weighted by Gasteiger charge is 2.26. The summed E-state index contributed by atoms with van der Waals surface area (Å²) in [7, 11) is 0. The molecule has 2 aromatic carbocycles. The van der Waals surface area contributed by atoms with Gasteiger partial charge in [-0.1, -0.05) is 53.1 Å². The summed E-state index contributed by atoms with van der Waals surface area (Å²) >= 11 is 0. The van der Waals surface area contributed by atoms with Gasteiger partial charge in [0.15, 0.2) is 0 Å². The Labute approximate surface area is 127 Å². The van der Waals surface area contributed by atoms with Crippen LogP contribution in [0.4, 0.5) is 0 Å². The van der Waals surface area contributed by atoms with Gasteiger partial charge in [-0.15, -0.1) is 0 Å². The topological polar surface area (TPSA) is 0 Å². The number of allylic oxidation sites excluding steroid dienone is 1. The molecule has 2 aliphatic carbocycles. The van der Waals surface area contributed by atoms with E-state index in [0.29, 0.717) is 5.92 Å². The van der Waals surface area contributed by atoms with Crippen LogP contribution in [0.25, 0.3) is 6.08 Å². The summed E-state index contributed by atoms with van der Waals surface area (Å²) in [6.07, 6.45) is 6.02. The molecule has 0 aromatic heterocycles. The van der Waals surface area contributed by atoms with Crippen LogP contribution >= 0.6 is 0 Å². The average Bonchev–Trinajstić information content (AvgIpc) is 2.96. The second-order valence-corrected chi connectivity index (χ2v) is 6.93. The van der Waals surface area contributed by atoms with E-state index < -0.39 is 0 Å². The molecule has 2 aliphatic rings. The molecular weight excluding hydrogens is 252 g/mol. The van der Waals surface area contributed by atoms with Crippen molar-refractivity contribution >= 4 is 6.08 Å². The first kappa shape index (κ1) is 12.9. The molecule has 0 spiro atoms. The standard InChI is InChI=1S/C21H22/c1-13-6-14(2)10-19(9-13)20-5-4-16-11-17-7-15(3)8-18(17)12-21(16)20/h6,8-12,20H,4-5,7H2,1-3H3. The Balaban J connectivity index is 1.81. The van der Waals surface area contributed by atoms with Gasteiger partial charge in [0.1, 0.15) is 0 Å². The minimum atomic E-state index is 0.596. The van der Waals surface area contributed by atoms with Gasteiger partial charge in [-0.2, -0.15) is 0 Å². The molecule has 0 bridgehead atoms. The van der Waals surface area contributed by atoms with Crippen LogP contribution in [-0.4, -0.2) is 0 Å². The van der Waals surface area contributed by atoms with Crippen molar-refractivity contribution in [1.29, 1.82) is 0 Å². The number of rotatable bonds is 1. The van der Waals surface area contributed by atoms with Crippen molar-refractivity contribution in [1.82, 2.24) is 0 Å². The molecule has 0 nitrogen and oxygen atoms in total. The number of hydrogen-bond donors (Lipinski definition) is 0. The van der Waals surface area contributed by atoms with Gasteiger partial charge >= 0.3 is 0 Å². The van der Waals surface area contributed by atoms with E-state index in [4.69, 9.17) is 0 Å². The molecule has 0 heteroatoms. The number of fused-ring (bicyclic) bond motifs is 2. The lowest BCUT2D eigenvalue weighted by atomic mass is 9.89. The molecule has 2 aromatic rings. The van der Waals surface area contributed by atoms with Crippen LogP contribution in [0.1, 0.15) is 58.2 Å². The molecule has 4 rings (SSSR count). The molecule has 106 valence electrons. The fraction of sp³-hybridized carbons (Fsp3) is 0.333. The van der Waals surface area contributed by atoms with Gasteiger partial charge in [0.05, 0.1) is 0 Å². The number of hydrogen-bond acceptors (Lipinski definition) is 0. The van der Waals surface area contributed by atoms with Gasteiger partial charge in [-0.25, -0.2) is 0 Å². The summed E-state index contributed by atoms with van der Waals surface area (Å²) in [5, 5.41) is 0. The summed E-state index contributed by atoms with van der Waals surface area (Å²) in [6.45, 7) is 6.66. The lowest BCUT2D eigenvalue weighted by Crippen LogP contribution is -1.98. The summed E-state index contributed by atoms with van der Waals surface area (Å²) in [4.78, 5) is 0. The molecule has 1 atom stereocenters. The molecule has 0 saturated heterocycles. The van der Waals surface area contributed by atoms with Crippen molar-refractivity contribution in [3.8, 4) is 0 Å². The normalized spacial score (nSPS) is 19.4. The van der Waals surface area contributed by atoms with Crippen LogP contribution in [-0.2, 0) is 12.8 Å². The highest BCUT2D eigenvalue weighted by atomic mass is 14.3. The molecule has 0 heterocycles. The van der Waals surface area contributed by atoms with Gasteiger partial charge < -0.3 is 0 Å². The van der Waals surface area contributed by atoms with E-state index in [9.17, 15) is 0 Å². The van der Waals surface area contributed by atoms with Gasteiger partial charge in [0.25, 0.3) is 0 Å². The smallest absolute Gasteiger partial charge is 0.00956 e. The van der Waals surface area contributed by atoms with Crippen LogP contribution in [0, 0.1) is 13.8 Å². The Morgan fingerprint density at radius 2 is 1.62 bits per heavy atom. The van der Waals surface area contributed by atoms with Crippen molar-refractivity contribution in [2.24, 2.45) is 0 Å². The van der Waals surface area contributed by atoms with Crippen LogP contribution in [0.5, 0.6) is 0 Å². The van der Waals surface area contributed by atoms with E-state index in [1.807, 2.05) is 0 Å². The minimum Gasteiger partial charge on any atom is -0.0683 e. The molecule has 0 amide bonds. The summed E-state index contributed by atoms with van der Waals surface area (Å²) < 4.78 is 0. The molecule has 0 saturated carbocycles. The third kappa shape index (κ3) is 2.14. The molecule has 0 radical (unpaired) electrons. The maximum atomic E-state index is 2.47. The van der Waals surface area contributed by atoms with Crippen LogP contribution in [0.3, 0.4) is 0 Å². The summed E-state index contributed by atoms with van der Waals surface area (Å²) in [5.74, 6) is 0.596. The molecule has 0 aliphatic heterocycles. The largest absolute Gasteiger partial charge is 0.0683 e. The third-order valence-corrected chi connectivity index (χ3v) is 5.00. The van der Waals surface area contributed by atoms with E-state index in [-0.39, 0.29) is 0 Å². The quantitative estimate of drug-likeness (QED) is 0.658. The first-order chi connectivity index (χ1) is 10.1. The fourth-order valence-corrected chi connectivity index (χ4v) is 4.19. The van der Waals surface area contributed by atoms with Gasteiger partial charge in [-0.3, -0.25) is 0 Å². The molecule has 1 unspecified atom stereocenters. The van der Waals surface area contributed by atoms with E-state index >= 15 is 0 Å². The summed E-state index contributed by atoms with van der Waals surface area (Å²) in [6, 6.07) is 12.0. The Kier molecular flexibility index (Phi) is 2.82. The third-order valence-electron chi connectivity index (χ3n) is 5.00. The number of benzene rings is 2. The predicted octanol–water partition coefficient (Wildman–Crippen LogP) is 5.34. The molecule has 0 N–H and O–H groups in total. The second-order valence-electron chi connectivity index (χ2n) is 6.93. The van der Waals surface area contributed by atoms with Crippen LogP contribution < -0.4 is 0 Å². The zero-order valence-corrected chi connectivity index (χ0v) is 13.2. The monoisotopic (exact) mass is 274 g/mol.